The van der Waals surface area contributed by atoms with Crippen LogP contribution in [0, 0.1) is 0 Å². The molecule has 0 heterocycles. The molecule has 94 valence electrons. The van der Waals surface area contributed by atoms with Crippen LogP contribution < -0.4 is 10.1 Å². The van der Waals surface area contributed by atoms with Crippen molar-refractivity contribution in [2.45, 2.75) is 6.54 Å². The second-order valence-electron chi connectivity index (χ2n) is 3.87. The Labute approximate surface area is 111 Å². The fourth-order valence-electron chi connectivity index (χ4n) is 1.57. The average Bonchev–Trinajstić information content (AvgIpc) is 2.41. The summed E-state index contributed by atoms with van der Waals surface area (Å²) in [5, 5.41) is 12.9. The van der Waals surface area contributed by atoms with Crippen molar-refractivity contribution in [2.24, 2.45) is 0 Å². The van der Waals surface area contributed by atoms with Crippen molar-refractivity contribution in [3.05, 3.63) is 53.1 Å². The summed E-state index contributed by atoms with van der Waals surface area (Å²) in [4.78, 5) is 0. The normalized spacial score (nSPS) is 10.1. The number of aromatic hydroxyl groups is 1. The van der Waals surface area contributed by atoms with Gasteiger partial charge in [0, 0.05) is 12.2 Å². The summed E-state index contributed by atoms with van der Waals surface area (Å²) in [7, 11) is 1.64. The van der Waals surface area contributed by atoms with Crippen molar-refractivity contribution >= 4 is 17.3 Å². The maximum atomic E-state index is 9.32. The molecule has 2 aromatic carbocycles. The van der Waals surface area contributed by atoms with Gasteiger partial charge in [-0.2, -0.15) is 0 Å². The zero-order valence-corrected chi connectivity index (χ0v) is 10.7. The van der Waals surface area contributed by atoms with Gasteiger partial charge >= 0.3 is 0 Å². The number of rotatable bonds is 4. The van der Waals surface area contributed by atoms with Gasteiger partial charge in [0.1, 0.15) is 11.5 Å². The van der Waals surface area contributed by atoms with Crippen LogP contribution >= 0.6 is 11.6 Å². The minimum absolute atomic E-state index is 0.102. The highest BCUT2D eigenvalue weighted by Gasteiger charge is 2.00. The third-order valence-corrected chi connectivity index (χ3v) is 2.90. The number of phenols is 1. The predicted molar refractivity (Wildman–Crippen MR) is 73.4 cm³/mol. The largest absolute Gasteiger partial charge is 0.506 e. The van der Waals surface area contributed by atoms with Gasteiger partial charge in [-0.1, -0.05) is 17.7 Å². The summed E-state index contributed by atoms with van der Waals surface area (Å²) in [6.45, 7) is 0.645. The molecule has 0 aliphatic rings. The van der Waals surface area contributed by atoms with E-state index in [0.717, 1.165) is 17.0 Å². The lowest BCUT2D eigenvalue weighted by atomic mass is 10.2. The monoisotopic (exact) mass is 263 g/mol. The lowest BCUT2D eigenvalue weighted by Gasteiger charge is -2.08. The summed E-state index contributed by atoms with van der Waals surface area (Å²) in [5.74, 6) is 0.929. The molecule has 2 rings (SSSR count). The number of anilines is 1. The summed E-state index contributed by atoms with van der Waals surface area (Å²) < 4.78 is 5.09. The van der Waals surface area contributed by atoms with Crippen molar-refractivity contribution in [1.29, 1.82) is 0 Å². The van der Waals surface area contributed by atoms with Gasteiger partial charge in [0.2, 0.25) is 0 Å². The maximum Gasteiger partial charge on any atom is 0.134 e. The second-order valence-corrected chi connectivity index (χ2v) is 4.28. The average molecular weight is 264 g/mol. The zero-order valence-electron chi connectivity index (χ0n) is 9.98. The molecule has 18 heavy (non-hydrogen) atoms. The molecule has 0 saturated carbocycles. The van der Waals surface area contributed by atoms with Crippen molar-refractivity contribution in [3.8, 4) is 11.5 Å². The van der Waals surface area contributed by atoms with Gasteiger partial charge in [-0.3, -0.25) is 0 Å². The number of benzene rings is 2. The van der Waals surface area contributed by atoms with Crippen LogP contribution in [0.25, 0.3) is 0 Å². The molecule has 0 aliphatic heterocycles. The Balaban J connectivity index is 1.99. The van der Waals surface area contributed by atoms with E-state index in [4.69, 9.17) is 16.3 Å². The van der Waals surface area contributed by atoms with Crippen LogP contribution in [-0.4, -0.2) is 12.2 Å². The first-order chi connectivity index (χ1) is 8.69. The van der Waals surface area contributed by atoms with Crippen LogP contribution in [-0.2, 0) is 6.54 Å². The molecule has 4 heteroatoms. The van der Waals surface area contributed by atoms with Gasteiger partial charge in [-0.15, -0.1) is 0 Å². The molecule has 2 N–H and O–H groups in total. The van der Waals surface area contributed by atoms with Crippen LogP contribution in [0.1, 0.15) is 5.56 Å². The molecule has 0 aliphatic carbocycles. The molecule has 0 radical (unpaired) electrons. The molecule has 0 amide bonds. The standard InChI is InChI=1S/C14H14ClNO2/c1-18-12-5-3-11(4-6-12)16-9-10-2-7-14(17)13(15)8-10/h2-8,16-17H,9H2,1H3. The molecule has 0 aromatic heterocycles. The number of nitrogens with one attached hydrogen (secondary N) is 1. The van der Waals surface area contributed by atoms with E-state index in [-0.39, 0.29) is 5.75 Å². The van der Waals surface area contributed by atoms with Crippen LogP contribution in [0.2, 0.25) is 5.02 Å². The van der Waals surface area contributed by atoms with Crippen LogP contribution in [0.4, 0.5) is 5.69 Å². The third kappa shape index (κ3) is 3.08. The van der Waals surface area contributed by atoms with Crippen molar-refractivity contribution in [1.82, 2.24) is 0 Å². The Morgan fingerprint density at radius 3 is 2.50 bits per heavy atom. The van der Waals surface area contributed by atoms with Crippen molar-refractivity contribution < 1.29 is 9.84 Å². The Morgan fingerprint density at radius 1 is 1.17 bits per heavy atom. The van der Waals surface area contributed by atoms with E-state index in [1.807, 2.05) is 30.3 Å². The Kier molecular flexibility index (Phi) is 3.95. The minimum Gasteiger partial charge on any atom is -0.506 e. The lowest BCUT2D eigenvalue weighted by molar-refractivity contribution is 0.415. The third-order valence-electron chi connectivity index (χ3n) is 2.60. The predicted octanol–water partition coefficient (Wildman–Crippen LogP) is 3.67. The number of methoxy groups -OCH3 is 1. The first-order valence-electron chi connectivity index (χ1n) is 5.54. The summed E-state index contributed by atoms with van der Waals surface area (Å²) >= 11 is 5.84. The lowest BCUT2D eigenvalue weighted by Crippen LogP contribution is -1.99. The topological polar surface area (TPSA) is 41.5 Å². The Hall–Kier alpha value is -1.87. The van der Waals surface area contributed by atoms with Gasteiger partial charge in [-0.25, -0.2) is 0 Å². The van der Waals surface area contributed by atoms with Crippen LogP contribution in [0.3, 0.4) is 0 Å². The number of phenolic OH excluding ortho intramolecular Hbond substituents is 1. The quantitative estimate of drug-likeness (QED) is 0.884. The van der Waals surface area contributed by atoms with Crippen molar-refractivity contribution in [2.75, 3.05) is 12.4 Å². The fourth-order valence-corrected chi connectivity index (χ4v) is 1.78. The fraction of sp³-hybridized carbons (Fsp3) is 0.143. The highest BCUT2D eigenvalue weighted by atomic mass is 35.5. The summed E-state index contributed by atoms with van der Waals surface area (Å²) in [6.07, 6.45) is 0. The molecule has 0 saturated heterocycles. The van der Waals surface area contributed by atoms with Gasteiger partial charge < -0.3 is 15.2 Å². The Morgan fingerprint density at radius 2 is 1.89 bits per heavy atom. The highest BCUT2D eigenvalue weighted by Crippen LogP contribution is 2.24. The van der Waals surface area contributed by atoms with Gasteiger partial charge in [-0.05, 0) is 42.0 Å². The highest BCUT2D eigenvalue weighted by molar-refractivity contribution is 6.32. The molecular weight excluding hydrogens is 250 g/mol. The molecular formula is C14H14ClNO2. The first-order valence-corrected chi connectivity index (χ1v) is 5.92. The van der Waals surface area contributed by atoms with Gasteiger partial charge in [0.25, 0.3) is 0 Å². The van der Waals surface area contributed by atoms with Crippen LogP contribution in [0.15, 0.2) is 42.5 Å². The van der Waals surface area contributed by atoms with E-state index in [2.05, 4.69) is 5.32 Å². The maximum absolute atomic E-state index is 9.32. The molecule has 3 nitrogen and oxygen atoms in total. The van der Waals surface area contributed by atoms with Gasteiger partial charge in [0.15, 0.2) is 0 Å². The molecule has 0 bridgehead atoms. The molecule has 0 atom stereocenters. The second kappa shape index (κ2) is 5.65. The molecule has 0 unspecified atom stereocenters. The van der Waals surface area contributed by atoms with Gasteiger partial charge in [0.05, 0.1) is 12.1 Å². The van der Waals surface area contributed by atoms with E-state index in [9.17, 15) is 5.11 Å². The molecule has 0 spiro atoms. The zero-order chi connectivity index (χ0) is 13.0. The number of halogens is 1. The van der Waals surface area contributed by atoms with E-state index in [0.29, 0.717) is 11.6 Å². The van der Waals surface area contributed by atoms with E-state index in [1.54, 1.807) is 19.2 Å². The Bertz CT molecular complexity index is 526. The van der Waals surface area contributed by atoms with E-state index >= 15 is 0 Å². The smallest absolute Gasteiger partial charge is 0.134 e. The number of ether oxygens (including phenoxy) is 1. The summed E-state index contributed by atoms with van der Waals surface area (Å²) in [5.41, 5.74) is 2.01. The van der Waals surface area contributed by atoms with Crippen LogP contribution in [0.5, 0.6) is 11.5 Å². The number of hydrogen-bond donors (Lipinski definition) is 2. The first kappa shape index (κ1) is 12.6. The molecule has 2 aromatic rings. The molecule has 0 fully saturated rings. The van der Waals surface area contributed by atoms with E-state index in [1.165, 1.54) is 0 Å². The van der Waals surface area contributed by atoms with Crippen molar-refractivity contribution in [3.63, 3.8) is 0 Å². The minimum atomic E-state index is 0.102. The SMILES string of the molecule is COc1ccc(NCc2ccc(O)c(Cl)c2)cc1. The summed E-state index contributed by atoms with van der Waals surface area (Å²) in [6, 6.07) is 12.8. The number of hydrogen-bond acceptors (Lipinski definition) is 3. The van der Waals surface area contributed by atoms with E-state index < -0.39 is 0 Å².